The molecule has 1 aromatic carbocycles. The van der Waals surface area contributed by atoms with E-state index in [2.05, 4.69) is 15.9 Å². The number of hydrogen-bond acceptors (Lipinski definition) is 2. The summed E-state index contributed by atoms with van der Waals surface area (Å²) in [6.07, 6.45) is -0.240. The van der Waals surface area contributed by atoms with E-state index in [1.807, 2.05) is 0 Å². The van der Waals surface area contributed by atoms with E-state index in [9.17, 15) is 14.0 Å². The first-order chi connectivity index (χ1) is 6.50. The van der Waals surface area contributed by atoms with Crippen molar-refractivity contribution in [2.24, 2.45) is 0 Å². The molecule has 0 heterocycles. The maximum absolute atomic E-state index is 12.6. The van der Waals surface area contributed by atoms with Crippen LogP contribution >= 0.6 is 15.9 Å². The Bertz CT molecular complexity index is 390. The SMILES string of the molecule is O=C(O)C(=O)Cc1ccc(F)cc1Br. The molecule has 0 aliphatic carbocycles. The van der Waals surface area contributed by atoms with Crippen molar-refractivity contribution in [3.05, 3.63) is 34.1 Å². The Morgan fingerprint density at radius 1 is 1.43 bits per heavy atom. The van der Waals surface area contributed by atoms with Crippen molar-refractivity contribution >= 4 is 27.7 Å². The van der Waals surface area contributed by atoms with Crippen LogP contribution < -0.4 is 0 Å². The molecule has 0 spiro atoms. The van der Waals surface area contributed by atoms with Gasteiger partial charge in [-0.15, -0.1) is 0 Å². The summed E-state index contributed by atoms with van der Waals surface area (Å²) >= 11 is 3.04. The van der Waals surface area contributed by atoms with Crippen molar-refractivity contribution in [3.63, 3.8) is 0 Å². The van der Waals surface area contributed by atoms with Crippen LogP contribution in [0.1, 0.15) is 5.56 Å². The molecule has 5 heteroatoms. The molecule has 1 N–H and O–H groups in total. The lowest BCUT2D eigenvalue weighted by atomic mass is 10.1. The summed E-state index contributed by atoms with van der Waals surface area (Å²) in [5, 5.41) is 8.35. The largest absolute Gasteiger partial charge is 0.475 e. The van der Waals surface area contributed by atoms with Gasteiger partial charge in [-0.2, -0.15) is 0 Å². The molecule has 0 fully saturated rings. The Morgan fingerprint density at radius 3 is 2.57 bits per heavy atom. The molecule has 0 unspecified atom stereocenters. The van der Waals surface area contributed by atoms with Crippen LogP contribution in [0.4, 0.5) is 4.39 Å². The normalized spacial score (nSPS) is 9.86. The Balaban J connectivity index is 2.87. The summed E-state index contributed by atoms with van der Waals surface area (Å²) in [6.45, 7) is 0. The molecule has 74 valence electrons. The van der Waals surface area contributed by atoms with E-state index in [0.717, 1.165) is 0 Å². The lowest BCUT2D eigenvalue weighted by Crippen LogP contribution is -2.15. The third kappa shape index (κ3) is 2.63. The van der Waals surface area contributed by atoms with Gasteiger partial charge in [-0.3, -0.25) is 4.79 Å². The standard InChI is InChI=1S/C9H6BrFO3/c10-7-4-6(11)2-1-5(7)3-8(12)9(13)14/h1-2,4H,3H2,(H,13,14). The number of ketones is 1. The van der Waals surface area contributed by atoms with Crippen molar-refractivity contribution in [1.82, 2.24) is 0 Å². The minimum Gasteiger partial charge on any atom is -0.475 e. The molecular formula is C9H6BrFO3. The molecule has 3 nitrogen and oxygen atoms in total. The number of carboxylic acid groups (broad SMARTS) is 1. The first kappa shape index (κ1) is 10.8. The van der Waals surface area contributed by atoms with Crippen LogP contribution in [0.5, 0.6) is 0 Å². The van der Waals surface area contributed by atoms with Gasteiger partial charge < -0.3 is 5.11 Å². The number of carbonyl (C=O) groups excluding carboxylic acids is 1. The average molecular weight is 261 g/mol. The zero-order valence-corrected chi connectivity index (χ0v) is 8.54. The summed E-state index contributed by atoms with van der Waals surface area (Å²) in [5.74, 6) is -2.85. The smallest absolute Gasteiger partial charge is 0.372 e. The van der Waals surface area contributed by atoms with Crippen LogP contribution in [-0.2, 0) is 16.0 Å². The zero-order chi connectivity index (χ0) is 10.7. The molecule has 1 aromatic rings. The molecule has 0 atom stereocenters. The monoisotopic (exact) mass is 260 g/mol. The van der Waals surface area contributed by atoms with Gasteiger partial charge in [0.15, 0.2) is 0 Å². The fraction of sp³-hybridized carbons (Fsp3) is 0.111. The second kappa shape index (κ2) is 4.32. The number of benzene rings is 1. The van der Waals surface area contributed by atoms with E-state index in [-0.39, 0.29) is 6.42 Å². The van der Waals surface area contributed by atoms with Crippen molar-refractivity contribution in [2.45, 2.75) is 6.42 Å². The predicted molar refractivity (Wildman–Crippen MR) is 50.4 cm³/mol. The van der Waals surface area contributed by atoms with Gasteiger partial charge in [-0.1, -0.05) is 22.0 Å². The highest BCUT2D eigenvalue weighted by molar-refractivity contribution is 9.10. The number of halogens is 2. The third-order valence-corrected chi connectivity index (χ3v) is 2.34. The molecule has 0 aliphatic rings. The topological polar surface area (TPSA) is 54.4 Å². The summed E-state index contributed by atoms with van der Waals surface area (Å²) in [4.78, 5) is 21.1. The highest BCUT2D eigenvalue weighted by Crippen LogP contribution is 2.18. The van der Waals surface area contributed by atoms with Crippen molar-refractivity contribution in [1.29, 1.82) is 0 Å². The fourth-order valence-corrected chi connectivity index (χ4v) is 1.40. The molecule has 0 saturated heterocycles. The molecule has 0 saturated carbocycles. The molecule has 1 rings (SSSR count). The van der Waals surface area contributed by atoms with Gasteiger partial charge in [0, 0.05) is 10.9 Å². The van der Waals surface area contributed by atoms with Gasteiger partial charge in [0.2, 0.25) is 5.78 Å². The molecule has 0 bridgehead atoms. The van der Waals surface area contributed by atoms with E-state index < -0.39 is 17.6 Å². The summed E-state index contributed by atoms with van der Waals surface area (Å²) in [7, 11) is 0. The van der Waals surface area contributed by atoms with Crippen LogP contribution in [0.3, 0.4) is 0 Å². The highest BCUT2D eigenvalue weighted by Gasteiger charge is 2.13. The van der Waals surface area contributed by atoms with E-state index in [1.165, 1.54) is 18.2 Å². The van der Waals surface area contributed by atoms with Crippen molar-refractivity contribution < 1.29 is 19.1 Å². The molecule has 0 radical (unpaired) electrons. The number of Topliss-reactive ketones (excluding diaryl/α,β-unsaturated/α-hetero) is 1. The minimum atomic E-state index is -1.48. The molecule has 0 aliphatic heterocycles. The molecule has 0 aromatic heterocycles. The Morgan fingerprint density at radius 2 is 2.07 bits per heavy atom. The van der Waals surface area contributed by atoms with E-state index >= 15 is 0 Å². The van der Waals surface area contributed by atoms with Crippen LogP contribution in [-0.4, -0.2) is 16.9 Å². The summed E-state index contributed by atoms with van der Waals surface area (Å²) in [6, 6.07) is 3.74. The van der Waals surface area contributed by atoms with Gasteiger partial charge in [-0.25, -0.2) is 9.18 Å². The van der Waals surface area contributed by atoms with Crippen LogP contribution in [0, 0.1) is 5.82 Å². The second-order valence-electron chi connectivity index (χ2n) is 2.64. The average Bonchev–Trinajstić information content (AvgIpc) is 2.09. The number of hydrogen-bond donors (Lipinski definition) is 1. The van der Waals surface area contributed by atoms with E-state index in [0.29, 0.717) is 10.0 Å². The van der Waals surface area contributed by atoms with Gasteiger partial charge in [0.1, 0.15) is 5.82 Å². The number of carbonyl (C=O) groups is 2. The number of carboxylic acids is 1. The molecule has 0 amide bonds. The maximum atomic E-state index is 12.6. The lowest BCUT2D eigenvalue weighted by Gasteiger charge is -2.01. The zero-order valence-electron chi connectivity index (χ0n) is 6.96. The Hall–Kier alpha value is -1.23. The van der Waals surface area contributed by atoms with E-state index in [4.69, 9.17) is 5.11 Å². The number of rotatable bonds is 3. The third-order valence-electron chi connectivity index (χ3n) is 1.60. The van der Waals surface area contributed by atoms with Crippen LogP contribution in [0.25, 0.3) is 0 Å². The number of aliphatic carboxylic acids is 1. The summed E-state index contributed by atoms with van der Waals surface area (Å²) < 4.78 is 13.0. The minimum absolute atomic E-state index is 0.240. The first-order valence-electron chi connectivity index (χ1n) is 3.70. The van der Waals surface area contributed by atoms with Gasteiger partial charge >= 0.3 is 5.97 Å². The Kier molecular flexibility index (Phi) is 3.35. The Labute approximate surface area is 87.7 Å². The van der Waals surface area contributed by atoms with E-state index in [1.54, 1.807) is 0 Å². The summed E-state index contributed by atoms with van der Waals surface area (Å²) in [5.41, 5.74) is 0.457. The van der Waals surface area contributed by atoms with Gasteiger partial charge in [-0.05, 0) is 17.7 Å². The maximum Gasteiger partial charge on any atom is 0.372 e. The second-order valence-corrected chi connectivity index (χ2v) is 3.50. The van der Waals surface area contributed by atoms with Crippen LogP contribution in [0.15, 0.2) is 22.7 Å². The molecular weight excluding hydrogens is 255 g/mol. The lowest BCUT2D eigenvalue weighted by molar-refractivity contribution is -0.148. The quantitative estimate of drug-likeness (QED) is 0.844. The van der Waals surface area contributed by atoms with Crippen LogP contribution in [0.2, 0.25) is 0 Å². The van der Waals surface area contributed by atoms with Crippen molar-refractivity contribution in [2.75, 3.05) is 0 Å². The fourth-order valence-electron chi connectivity index (χ4n) is 0.914. The highest BCUT2D eigenvalue weighted by atomic mass is 79.9. The first-order valence-corrected chi connectivity index (χ1v) is 4.50. The van der Waals surface area contributed by atoms with Gasteiger partial charge in [0.05, 0.1) is 0 Å². The molecule has 14 heavy (non-hydrogen) atoms. The van der Waals surface area contributed by atoms with Crippen molar-refractivity contribution in [3.8, 4) is 0 Å². The predicted octanol–water partition coefficient (Wildman–Crippen LogP) is 1.78. The van der Waals surface area contributed by atoms with Gasteiger partial charge in [0.25, 0.3) is 0 Å².